The number of methoxy groups -OCH3 is 1. The average molecular weight is 245 g/mol. The molecule has 3 nitrogen and oxygen atoms in total. The van der Waals surface area contributed by atoms with Crippen LogP contribution in [0.4, 0.5) is 8.78 Å². The third kappa shape index (κ3) is 1.90. The van der Waals surface area contributed by atoms with Crippen LogP contribution >= 0.6 is 11.6 Å². The Morgan fingerprint density at radius 1 is 1.31 bits per heavy atom. The van der Waals surface area contributed by atoms with Gasteiger partial charge < -0.3 is 4.74 Å². The first-order chi connectivity index (χ1) is 7.61. The first kappa shape index (κ1) is 11.0. The van der Waals surface area contributed by atoms with E-state index in [9.17, 15) is 8.78 Å². The van der Waals surface area contributed by atoms with Crippen LogP contribution in [0.3, 0.4) is 0 Å². The van der Waals surface area contributed by atoms with E-state index in [1.165, 1.54) is 7.11 Å². The van der Waals surface area contributed by atoms with Crippen molar-refractivity contribution in [1.82, 2.24) is 9.97 Å². The predicted molar refractivity (Wildman–Crippen MR) is 56.1 cm³/mol. The molecule has 0 fully saturated rings. The third-order valence-electron chi connectivity index (χ3n) is 2.07. The summed E-state index contributed by atoms with van der Waals surface area (Å²) >= 11 is 5.80. The van der Waals surface area contributed by atoms with Gasteiger partial charge in [0.2, 0.25) is 0 Å². The largest absolute Gasteiger partial charge is 0.497 e. The van der Waals surface area contributed by atoms with Crippen LogP contribution in [0.15, 0.2) is 18.2 Å². The molecule has 0 saturated heterocycles. The Kier molecular flexibility index (Phi) is 2.87. The van der Waals surface area contributed by atoms with Crippen molar-refractivity contribution in [3.8, 4) is 5.75 Å². The summed E-state index contributed by atoms with van der Waals surface area (Å²) in [6.07, 6.45) is -2.73. The van der Waals surface area contributed by atoms with Crippen LogP contribution in [0, 0.1) is 0 Å². The fraction of sp³-hybridized carbons (Fsp3) is 0.200. The molecule has 0 radical (unpaired) electrons. The van der Waals surface area contributed by atoms with Crippen molar-refractivity contribution in [3.63, 3.8) is 0 Å². The fourth-order valence-electron chi connectivity index (χ4n) is 1.31. The first-order valence-electron chi connectivity index (χ1n) is 4.41. The maximum atomic E-state index is 12.4. The molecule has 2 rings (SSSR count). The van der Waals surface area contributed by atoms with Gasteiger partial charge in [0.25, 0.3) is 6.43 Å². The fourth-order valence-corrected chi connectivity index (χ4v) is 1.55. The minimum atomic E-state index is -2.73. The van der Waals surface area contributed by atoms with E-state index in [2.05, 4.69) is 9.97 Å². The Hall–Kier alpha value is -1.49. The maximum absolute atomic E-state index is 12.4. The van der Waals surface area contributed by atoms with Gasteiger partial charge in [-0.2, -0.15) is 0 Å². The van der Waals surface area contributed by atoms with Crippen molar-refractivity contribution in [3.05, 3.63) is 29.2 Å². The Bertz CT molecular complexity index is 533. The van der Waals surface area contributed by atoms with E-state index >= 15 is 0 Å². The summed E-state index contributed by atoms with van der Waals surface area (Å²) < 4.78 is 29.8. The lowest BCUT2D eigenvalue weighted by Gasteiger charge is -2.05. The zero-order valence-electron chi connectivity index (χ0n) is 8.25. The SMILES string of the molecule is COc1ccc2nc(C(F)F)nc(Cl)c2c1. The number of rotatable bonds is 2. The summed E-state index contributed by atoms with van der Waals surface area (Å²) in [7, 11) is 1.50. The molecule has 0 amide bonds. The molecule has 6 heteroatoms. The molecule has 0 aliphatic heterocycles. The summed E-state index contributed by atoms with van der Waals surface area (Å²) in [4.78, 5) is 7.23. The molecule has 0 bridgehead atoms. The van der Waals surface area contributed by atoms with Crippen molar-refractivity contribution < 1.29 is 13.5 Å². The van der Waals surface area contributed by atoms with Gasteiger partial charge in [-0.15, -0.1) is 0 Å². The number of hydrogen-bond acceptors (Lipinski definition) is 3. The van der Waals surface area contributed by atoms with E-state index in [4.69, 9.17) is 16.3 Å². The summed E-state index contributed by atoms with van der Waals surface area (Å²) in [5, 5.41) is 0.490. The summed E-state index contributed by atoms with van der Waals surface area (Å²) in [6, 6.07) is 4.79. The van der Waals surface area contributed by atoms with Crippen LogP contribution in [0.5, 0.6) is 5.75 Å². The average Bonchev–Trinajstić information content (AvgIpc) is 2.28. The van der Waals surface area contributed by atoms with Gasteiger partial charge in [-0.25, -0.2) is 18.7 Å². The molecule has 0 aliphatic rings. The normalized spacial score (nSPS) is 11.1. The number of nitrogens with zero attached hydrogens (tertiary/aromatic N) is 2. The van der Waals surface area contributed by atoms with Gasteiger partial charge in [-0.3, -0.25) is 0 Å². The van der Waals surface area contributed by atoms with Crippen molar-refractivity contribution in [2.45, 2.75) is 6.43 Å². The highest BCUT2D eigenvalue weighted by Gasteiger charge is 2.14. The van der Waals surface area contributed by atoms with Crippen molar-refractivity contribution >= 4 is 22.5 Å². The van der Waals surface area contributed by atoms with Crippen molar-refractivity contribution in [2.75, 3.05) is 7.11 Å². The van der Waals surface area contributed by atoms with Gasteiger partial charge in [-0.1, -0.05) is 11.6 Å². The molecule has 0 unspecified atom stereocenters. The number of benzene rings is 1. The molecular weight excluding hydrogens is 238 g/mol. The Balaban J connectivity index is 2.66. The zero-order valence-corrected chi connectivity index (χ0v) is 9.00. The van der Waals surface area contributed by atoms with Gasteiger partial charge in [0.15, 0.2) is 5.82 Å². The van der Waals surface area contributed by atoms with Gasteiger partial charge in [-0.05, 0) is 18.2 Å². The highest BCUT2D eigenvalue weighted by Crippen LogP contribution is 2.27. The Morgan fingerprint density at radius 3 is 2.69 bits per heavy atom. The first-order valence-corrected chi connectivity index (χ1v) is 4.79. The van der Waals surface area contributed by atoms with E-state index in [0.29, 0.717) is 16.7 Å². The monoisotopic (exact) mass is 244 g/mol. The molecule has 0 aliphatic carbocycles. The number of alkyl halides is 2. The Labute approximate surface area is 95.0 Å². The zero-order chi connectivity index (χ0) is 11.7. The van der Waals surface area contributed by atoms with Gasteiger partial charge >= 0.3 is 0 Å². The van der Waals surface area contributed by atoms with Crippen LogP contribution in [0.1, 0.15) is 12.2 Å². The van der Waals surface area contributed by atoms with E-state index in [1.54, 1.807) is 18.2 Å². The molecule has 16 heavy (non-hydrogen) atoms. The lowest BCUT2D eigenvalue weighted by molar-refractivity contribution is 0.141. The van der Waals surface area contributed by atoms with Crippen LogP contribution in [0.2, 0.25) is 5.15 Å². The van der Waals surface area contributed by atoms with Crippen molar-refractivity contribution in [1.29, 1.82) is 0 Å². The van der Waals surface area contributed by atoms with E-state index in [-0.39, 0.29) is 5.15 Å². The van der Waals surface area contributed by atoms with Crippen molar-refractivity contribution in [2.24, 2.45) is 0 Å². The van der Waals surface area contributed by atoms with E-state index in [1.807, 2.05) is 0 Å². The summed E-state index contributed by atoms with van der Waals surface area (Å²) in [5.74, 6) is 0.00506. The van der Waals surface area contributed by atoms with E-state index < -0.39 is 12.2 Å². The van der Waals surface area contributed by atoms with Crippen LogP contribution in [-0.4, -0.2) is 17.1 Å². The second-order valence-corrected chi connectivity index (χ2v) is 3.41. The molecule has 0 N–H and O–H groups in total. The lowest BCUT2D eigenvalue weighted by Crippen LogP contribution is -1.97. The number of hydrogen-bond donors (Lipinski definition) is 0. The topological polar surface area (TPSA) is 35.0 Å². The highest BCUT2D eigenvalue weighted by atomic mass is 35.5. The summed E-state index contributed by atoms with van der Waals surface area (Å²) in [5.41, 5.74) is 0.371. The number of aromatic nitrogens is 2. The lowest BCUT2D eigenvalue weighted by atomic mass is 10.2. The number of fused-ring (bicyclic) bond motifs is 1. The minimum absolute atomic E-state index is 0.000741. The minimum Gasteiger partial charge on any atom is -0.497 e. The molecule has 0 spiro atoms. The molecule has 1 heterocycles. The smallest absolute Gasteiger partial charge is 0.297 e. The second kappa shape index (κ2) is 4.17. The standard InChI is InChI=1S/C10H7ClF2N2O/c1-16-5-2-3-7-6(4-5)8(11)15-10(14-7)9(12)13/h2-4,9H,1H3. The molecule has 2 aromatic rings. The molecular formula is C10H7ClF2N2O. The summed E-state index contributed by atoms with van der Waals surface area (Å²) in [6.45, 7) is 0. The van der Waals surface area contributed by atoms with Gasteiger partial charge in [0.05, 0.1) is 12.6 Å². The maximum Gasteiger partial charge on any atom is 0.297 e. The Morgan fingerprint density at radius 2 is 2.06 bits per heavy atom. The van der Waals surface area contributed by atoms with E-state index in [0.717, 1.165) is 0 Å². The van der Waals surface area contributed by atoms with Gasteiger partial charge in [0, 0.05) is 5.39 Å². The third-order valence-corrected chi connectivity index (χ3v) is 2.36. The van der Waals surface area contributed by atoms with Crippen LogP contribution in [-0.2, 0) is 0 Å². The molecule has 1 aromatic heterocycles. The molecule has 1 aromatic carbocycles. The second-order valence-electron chi connectivity index (χ2n) is 3.06. The quantitative estimate of drug-likeness (QED) is 0.761. The molecule has 0 atom stereocenters. The van der Waals surface area contributed by atoms with Gasteiger partial charge in [0.1, 0.15) is 10.9 Å². The van der Waals surface area contributed by atoms with Crippen LogP contribution in [0.25, 0.3) is 10.9 Å². The predicted octanol–water partition coefficient (Wildman–Crippen LogP) is 3.23. The molecule has 0 saturated carbocycles. The van der Waals surface area contributed by atoms with Crippen LogP contribution < -0.4 is 4.74 Å². The number of halogens is 3. The molecule has 84 valence electrons. The number of ether oxygens (including phenoxy) is 1. The highest BCUT2D eigenvalue weighted by molar-refractivity contribution is 6.34.